The Hall–Kier alpha value is -0.690. The molecule has 0 unspecified atom stereocenters. The summed E-state index contributed by atoms with van der Waals surface area (Å²) in [5, 5.41) is 3.81. The highest BCUT2D eigenvalue weighted by molar-refractivity contribution is 6.33. The molecular formula is C8H10ClN. The molecule has 1 nitrogen and oxygen atoms in total. The number of benzene rings is 1. The van der Waals surface area contributed by atoms with Gasteiger partial charge in [-0.15, -0.1) is 0 Å². The van der Waals surface area contributed by atoms with E-state index in [0.717, 1.165) is 10.7 Å². The fourth-order valence-electron chi connectivity index (χ4n) is 0.949. The van der Waals surface area contributed by atoms with Gasteiger partial charge in [-0.25, -0.2) is 0 Å². The molecule has 10 heavy (non-hydrogen) atoms. The van der Waals surface area contributed by atoms with Crippen LogP contribution in [0, 0.1) is 6.92 Å². The minimum absolute atomic E-state index is 0.780. The summed E-state index contributed by atoms with van der Waals surface area (Å²) < 4.78 is 0. The highest BCUT2D eigenvalue weighted by Gasteiger charge is 1.98. The van der Waals surface area contributed by atoms with Gasteiger partial charge >= 0.3 is 0 Å². The molecule has 0 heterocycles. The summed E-state index contributed by atoms with van der Waals surface area (Å²) in [7, 11) is 1.87. The van der Waals surface area contributed by atoms with Crippen molar-refractivity contribution < 1.29 is 0 Å². The van der Waals surface area contributed by atoms with Gasteiger partial charge in [-0.3, -0.25) is 0 Å². The highest BCUT2D eigenvalue weighted by atomic mass is 35.5. The van der Waals surface area contributed by atoms with E-state index >= 15 is 0 Å². The second-order valence-corrected chi connectivity index (χ2v) is 2.59. The first kappa shape index (κ1) is 7.42. The summed E-state index contributed by atoms with van der Waals surface area (Å²) in [5.74, 6) is 0. The van der Waals surface area contributed by atoms with Crippen molar-refractivity contribution in [1.29, 1.82) is 0 Å². The Kier molecular flexibility index (Phi) is 2.17. The van der Waals surface area contributed by atoms with Crippen molar-refractivity contribution in [2.75, 3.05) is 12.4 Å². The summed E-state index contributed by atoms with van der Waals surface area (Å²) >= 11 is 5.87. The fraction of sp³-hybridized carbons (Fsp3) is 0.250. The lowest BCUT2D eigenvalue weighted by atomic mass is 10.2. The van der Waals surface area contributed by atoms with Crippen LogP contribution in [-0.4, -0.2) is 7.05 Å². The van der Waals surface area contributed by atoms with Crippen LogP contribution in [-0.2, 0) is 0 Å². The molecule has 0 fully saturated rings. The van der Waals surface area contributed by atoms with Gasteiger partial charge in [-0.2, -0.15) is 0 Å². The Morgan fingerprint density at radius 1 is 1.40 bits per heavy atom. The lowest BCUT2D eigenvalue weighted by Crippen LogP contribution is -1.91. The smallest absolute Gasteiger partial charge is 0.0640 e. The number of rotatable bonds is 1. The first-order valence-corrected chi connectivity index (χ1v) is 3.56. The Labute approximate surface area is 66.0 Å². The molecule has 0 radical (unpaired) electrons. The van der Waals surface area contributed by atoms with Crippen LogP contribution < -0.4 is 5.32 Å². The maximum absolute atomic E-state index is 5.87. The summed E-state index contributed by atoms with van der Waals surface area (Å²) in [6, 6.07) is 5.84. The predicted octanol–water partition coefficient (Wildman–Crippen LogP) is 2.69. The van der Waals surface area contributed by atoms with Crippen molar-refractivity contribution in [1.82, 2.24) is 0 Å². The van der Waals surface area contributed by atoms with Gasteiger partial charge in [0.2, 0.25) is 0 Å². The third kappa shape index (κ3) is 1.24. The first-order chi connectivity index (χ1) is 4.75. The van der Waals surface area contributed by atoms with Gasteiger partial charge in [0.25, 0.3) is 0 Å². The molecule has 0 bridgehead atoms. The molecule has 2 heteroatoms. The third-order valence-electron chi connectivity index (χ3n) is 1.47. The maximum Gasteiger partial charge on any atom is 0.0640 e. The zero-order valence-corrected chi connectivity index (χ0v) is 6.87. The van der Waals surface area contributed by atoms with E-state index in [0.29, 0.717) is 0 Å². The fourth-order valence-corrected chi connectivity index (χ4v) is 1.26. The molecule has 1 aromatic rings. The number of hydrogen-bond acceptors (Lipinski definition) is 1. The van der Waals surface area contributed by atoms with E-state index in [1.165, 1.54) is 5.56 Å². The molecule has 1 rings (SSSR count). The molecule has 54 valence electrons. The predicted molar refractivity (Wildman–Crippen MR) is 45.7 cm³/mol. The minimum atomic E-state index is 0.780. The van der Waals surface area contributed by atoms with Crippen molar-refractivity contribution in [3.05, 3.63) is 28.8 Å². The maximum atomic E-state index is 5.87. The van der Waals surface area contributed by atoms with E-state index in [4.69, 9.17) is 11.6 Å². The van der Waals surface area contributed by atoms with E-state index in [1.807, 2.05) is 32.2 Å². The quantitative estimate of drug-likeness (QED) is 0.658. The molecular weight excluding hydrogens is 146 g/mol. The van der Waals surface area contributed by atoms with Crippen molar-refractivity contribution >= 4 is 17.3 Å². The van der Waals surface area contributed by atoms with Crippen LogP contribution in [0.15, 0.2) is 18.2 Å². The second-order valence-electron chi connectivity index (χ2n) is 2.18. The molecule has 0 amide bonds. The molecule has 1 aromatic carbocycles. The van der Waals surface area contributed by atoms with Gasteiger partial charge < -0.3 is 5.32 Å². The first-order valence-electron chi connectivity index (χ1n) is 3.18. The normalized spacial score (nSPS) is 9.50. The van der Waals surface area contributed by atoms with Crippen molar-refractivity contribution in [3.63, 3.8) is 0 Å². The molecule has 0 aromatic heterocycles. The zero-order chi connectivity index (χ0) is 7.56. The molecule has 0 aliphatic heterocycles. The van der Waals surface area contributed by atoms with Crippen LogP contribution in [0.4, 0.5) is 5.69 Å². The Bertz CT molecular complexity index is 212. The molecule has 1 N–H and O–H groups in total. The molecule has 0 atom stereocenters. The average molecular weight is 156 g/mol. The summed E-state index contributed by atoms with van der Waals surface area (Å²) in [5.41, 5.74) is 2.19. The number of para-hydroxylation sites is 1. The molecule has 0 saturated carbocycles. The molecule has 0 aliphatic rings. The van der Waals surface area contributed by atoms with E-state index in [-0.39, 0.29) is 0 Å². The van der Waals surface area contributed by atoms with Crippen LogP contribution in [0.5, 0.6) is 0 Å². The summed E-state index contributed by atoms with van der Waals surface area (Å²) in [4.78, 5) is 0. The van der Waals surface area contributed by atoms with Gasteiger partial charge in [0.05, 0.1) is 10.7 Å². The zero-order valence-electron chi connectivity index (χ0n) is 6.11. The van der Waals surface area contributed by atoms with Gasteiger partial charge in [0, 0.05) is 7.05 Å². The topological polar surface area (TPSA) is 12.0 Å². The third-order valence-corrected chi connectivity index (χ3v) is 1.79. The van der Waals surface area contributed by atoms with Crippen LogP contribution >= 0.6 is 11.6 Å². The molecule has 0 saturated heterocycles. The van der Waals surface area contributed by atoms with Gasteiger partial charge in [-0.1, -0.05) is 23.7 Å². The number of nitrogens with one attached hydrogen (secondary N) is 1. The van der Waals surface area contributed by atoms with E-state index in [1.54, 1.807) is 0 Å². The molecule has 0 aliphatic carbocycles. The minimum Gasteiger partial charge on any atom is -0.387 e. The summed E-state index contributed by atoms with van der Waals surface area (Å²) in [6.45, 7) is 2.03. The van der Waals surface area contributed by atoms with Gasteiger partial charge in [-0.05, 0) is 18.6 Å². The number of aryl methyl sites for hydroxylation is 1. The second kappa shape index (κ2) is 2.93. The number of halogens is 1. The molecule has 0 spiro atoms. The SMILES string of the molecule is CNc1c(C)cccc1Cl. The van der Waals surface area contributed by atoms with Crippen molar-refractivity contribution in [3.8, 4) is 0 Å². The lowest BCUT2D eigenvalue weighted by Gasteiger charge is -2.05. The standard InChI is InChI=1S/C8H10ClN/c1-6-4-3-5-7(9)8(6)10-2/h3-5,10H,1-2H3. The Balaban J connectivity index is 3.17. The number of anilines is 1. The van der Waals surface area contributed by atoms with Gasteiger partial charge in [0.1, 0.15) is 0 Å². The van der Waals surface area contributed by atoms with Gasteiger partial charge in [0.15, 0.2) is 0 Å². The van der Waals surface area contributed by atoms with Crippen molar-refractivity contribution in [2.24, 2.45) is 0 Å². The average Bonchev–Trinajstić information content (AvgIpc) is 1.88. The summed E-state index contributed by atoms with van der Waals surface area (Å²) in [6.07, 6.45) is 0. The van der Waals surface area contributed by atoms with Crippen LogP contribution in [0.25, 0.3) is 0 Å². The highest BCUT2D eigenvalue weighted by Crippen LogP contribution is 2.23. The monoisotopic (exact) mass is 155 g/mol. The lowest BCUT2D eigenvalue weighted by molar-refractivity contribution is 1.41. The Morgan fingerprint density at radius 3 is 2.50 bits per heavy atom. The Morgan fingerprint density at radius 2 is 2.10 bits per heavy atom. The largest absolute Gasteiger partial charge is 0.387 e. The van der Waals surface area contributed by atoms with Crippen molar-refractivity contribution in [2.45, 2.75) is 6.92 Å². The number of hydrogen-bond donors (Lipinski definition) is 1. The van der Waals surface area contributed by atoms with Crippen LogP contribution in [0.1, 0.15) is 5.56 Å². The van der Waals surface area contributed by atoms with Crippen LogP contribution in [0.3, 0.4) is 0 Å². The van der Waals surface area contributed by atoms with E-state index < -0.39 is 0 Å². The van der Waals surface area contributed by atoms with Crippen LogP contribution in [0.2, 0.25) is 5.02 Å². The van der Waals surface area contributed by atoms with E-state index in [2.05, 4.69) is 5.32 Å². The van der Waals surface area contributed by atoms with E-state index in [9.17, 15) is 0 Å².